The van der Waals surface area contributed by atoms with Crippen LogP contribution in [0.15, 0.2) is 36.4 Å². The molecular formula is C30H29F2IN4O4. The summed E-state index contributed by atoms with van der Waals surface area (Å²) < 4.78 is 42.4. The second-order valence-corrected chi connectivity index (χ2v) is 12.8. The van der Waals surface area contributed by atoms with Crippen LogP contribution in [0.2, 0.25) is 0 Å². The average molecular weight is 674 g/mol. The van der Waals surface area contributed by atoms with Crippen molar-refractivity contribution in [2.24, 2.45) is 5.41 Å². The van der Waals surface area contributed by atoms with Crippen molar-refractivity contribution < 1.29 is 28.2 Å². The zero-order valence-corrected chi connectivity index (χ0v) is 25.0. The molecule has 0 amide bonds. The summed E-state index contributed by atoms with van der Waals surface area (Å²) in [6.07, 6.45) is 1.16. The molecule has 41 heavy (non-hydrogen) atoms. The molecule has 1 N–H and O–H groups in total. The van der Waals surface area contributed by atoms with Crippen molar-refractivity contribution in [3.63, 3.8) is 0 Å². The molecule has 214 valence electrons. The van der Waals surface area contributed by atoms with E-state index in [2.05, 4.69) is 19.9 Å². The minimum Gasteiger partial charge on any atom is -0.493 e. The number of benzene rings is 2. The number of carbonyl (C=O) groups is 1. The summed E-state index contributed by atoms with van der Waals surface area (Å²) in [7, 11) is 0. The number of alkyl halides is 1. The molecular weight excluding hydrogens is 645 g/mol. The Morgan fingerprint density at radius 2 is 2.00 bits per heavy atom. The number of fused-ring (bicyclic) bond motifs is 3. The van der Waals surface area contributed by atoms with E-state index in [9.17, 15) is 14.3 Å². The summed E-state index contributed by atoms with van der Waals surface area (Å²) in [5.41, 5.74) is -0.964. The van der Waals surface area contributed by atoms with Crippen molar-refractivity contribution in [3.8, 4) is 28.9 Å². The Bertz CT molecular complexity index is 1700. The smallest absolute Gasteiger partial charge is 0.320 e. The maximum atomic E-state index is 16.3. The third kappa shape index (κ3) is 5.07. The van der Waals surface area contributed by atoms with Crippen molar-refractivity contribution in [1.82, 2.24) is 19.9 Å². The van der Waals surface area contributed by atoms with E-state index in [0.717, 1.165) is 24.8 Å². The molecule has 0 aliphatic carbocycles. The Morgan fingerprint density at radius 3 is 2.78 bits per heavy atom. The van der Waals surface area contributed by atoms with E-state index in [1.54, 1.807) is 32.9 Å². The molecule has 2 aliphatic heterocycles. The quantitative estimate of drug-likeness (QED) is 0.116. The lowest BCUT2D eigenvalue weighted by Crippen LogP contribution is -2.43. The first-order valence-electron chi connectivity index (χ1n) is 13.5. The highest BCUT2D eigenvalue weighted by atomic mass is 127. The maximum absolute atomic E-state index is 16.3. The van der Waals surface area contributed by atoms with Crippen LogP contribution in [0.4, 0.5) is 8.78 Å². The number of nitrogens with zero attached hydrogens (tertiary/aromatic N) is 4. The molecule has 0 radical (unpaired) electrons. The Balaban J connectivity index is 1.43. The second kappa shape index (κ2) is 10.3. The second-order valence-electron chi connectivity index (χ2n) is 11.8. The third-order valence-electron chi connectivity index (χ3n) is 7.85. The predicted octanol–water partition coefficient (Wildman–Crippen LogP) is 6.20. The number of ether oxygens (including phenoxy) is 2. The molecule has 8 nitrogen and oxygen atoms in total. The summed E-state index contributed by atoms with van der Waals surface area (Å²) in [6, 6.07) is 10.5. The number of rotatable bonds is 5. The van der Waals surface area contributed by atoms with Crippen LogP contribution in [0.5, 0.6) is 17.6 Å². The van der Waals surface area contributed by atoms with Gasteiger partial charge in [0.25, 0.3) is 0 Å². The fourth-order valence-electron chi connectivity index (χ4n) is 5.78. The molecule has 4 aromatic rings. The topological polar surface area (TPSA) is 97.7 Å². The Hall–Kier alpha value is -3.19. The van der Waals surface area contributed by atoms with Crippen molar-refractivity contribution in [1.29, 1.82) is 0 Å². The highest BCUT2D eigenvalue weighted by Crippen LogP contribution is 2.41. The van der Waals surface area contributed by atoms with E-state index >= 15 is 4.39 Å². The minimum atomic E-state index is -0.925. The monoisotopic (exact) mass is 674 g/mol. The van der Waals surface area contributed by atoms with Crippen molar-refractivity contribution >= 4 is 50.2 Å². The molecule has 0 bridgehead atoms. The van der Waals surface area contributed by atoms with Gasteiger partial charge in [0.05, 0.1) is 16.3 Å². The van der Waals surface area contributed by atoms with Crippen LogP contribution in [0.3, 0.4) is 0 Å². The maximum Gasteiger partial charge on any atom is 0.320 e. The number of hydrogen-bond donors (Lipinski definition) is 1. The zero-order valence-electron chi connectivity index (χ0n) is 22.9. The van der Waals surface area contributed by atoms with Crippen LogP contribution >= 0.6 is 22.6 Å². The largest absolute Gasteiger partial charge is 0.493 e. The van der Waals surface area contributed by atoms with Crippen LogP contribution in [0, 0.1) is 14.9 Å². The molecule has 11 heteroatoms. The first-order valence-corrected chi connectivity index (χ1v) is 14.6. The van der Waals surface area contributed by atoms with Crippen molar-refractivity contribution in [3.05, 3.63) is 45.9 Å². The molecule has 2 atom stereocenters. The van der Waals surface area contributed by atoms with Gasteiger partial charge in [-0.1, -0.05) is 24.3 Å². The van der Waals surface area contributed by atoms with Gasteiger partial charge < -0.3 is 14.6 Å². The van der Waals surface area contributed by atoms with Crippen LogP contribution in [-0.4, -0.2) is 62.3 Å². The van der Waals surface area contributed by atoms with Gasteiger partial charge >= 0.3 is 12.0 Å². The SMILES string of the molecule is CC(C)(C)C(=O)Oc1cc(-c2nc(I)c3c(O)nc(OC[C@@]45CCCN4C[C@H](F)C5)nc3c2F)c2ccccc2c1. The van der Waals surface area contributed by atoms with Gasteiger partial charge in [0.1, 0.15) is 33.4 Å². The number of pyridine rings is 1. The molecule has 2 aromatic carbocycles. The molecule has 2 aromatic heterocycles. The summed E-state index contributed by atoms with van der Waals surface area (Å²) in [6.45, 7) is 6.56. The molecule has 4 heterocycles. The van der Waals surface area contributed by atoms with Gasteiger partial charge in [-0.05, 0) is 85.7 Å². The highest BCUT2D eigenvalue weighted by molar-refractivity contribution is 14.1. The number of aromatic nitrogens is 3. The van der Waals surface area contributed by atoms with E-state index in [1.807, 2.05) is 46.9 Å². The van der Waals surface area contributed by atoms with E-state index in [1.165, 1.54) is 0 Å². The predicted molar refractivity (Wildman–Crippen MR) is 158 cm³/mol. The number of halogens is 3. The van der Waals surface area contributed by atoms with Gasteiger partial charge in [0.15, 0.2) is 5.82 Å². The van der Waals surface area contributed by atoms with Crippen LogP contribution in [-0.2, 0) is 4.79 Å². The zero-order chi connectivity index (χ0) is 29.1. The van der Waals surface area contributed by atoms with E-state index in [4.69, 9.17) is 9.47 Å². The highest BCUT2D eigenvalue weighted by Gasteiger charge is 2.49. The van der Waals surface area contributed by atoms with Crippen molar-refractivity contribution in [2.75, 3.05) is 19.7 Å². The number of esters is 1. The van der Waals surface area contributed by atoms with Gasteiger partial charge in [0, 0.05) is 18.5 Å². The van der Waals surface area contributed by atoms with Gasteiger partial charge in [-0.15, -0.1) is 0 Å². The summed E-state index contributed by atoms with van der Waals surface area (Å²) in [5.74, 6) is -1.41. The fourth-order valence-corrected chi connectivity index (χ4v) is 6.52. The van der Waals surface area contributed by atoms with Crippen molar-refractivity contribution in [2.45, 2.75) is 51.7 Å². The normalized spacial score (nSPS) is 21.0. The number of hydrogen-bond acceptors (Lipinski definition) is 8. The lowest BCUT2D eigenvalue weighted by Gasteiger charge is -2.30. The standard InChI is InChI=1S/C30H29F2IN4O4/c1-29(2,3)27(39)41-18-11-16-7-4-5-8-19(16)20(12-18)23-22(32)24-21(25(33)34-23)26(38)36-28(35-24)40-15-30-9-6-10-37(30)14-17(31)13-30/h4-5,7-8,11-12,17H,6,9-10,13-15H2,1-3H3,(H,35,36,38)/t17-,30+/m1/s1. The summed E-state index contributed by atoms with van der Waals surface area (Å²) in [5, 5.41) is 12.2. The molecule has 6 rings (SSSR count). The van der Waals surface area contributed by atoms with Crippen LogP contribution in [0.1, 0.15) is 40.0 Å². The third-order valence-corrected chi connectivity index (χ3v) is 8.63. The first kappa shape index (κ1) is 28.0. The average Bonchev–Trinajstić information content (AvgIpc) is 3.44. The number of carbonyl (C=O) groups excluding carboxylic acids is 1. The first-order chi connectivity index (χ1) is 19.4. The van der Waals surface area contributed by atoms with Gasteiger partial charge in [-0.25, -0.2) is 13.8 Å². The molecule has 2 aliphatic rings. The summed E-state index contributed by atoms with van der Waals surface area (Å²) in [4.78, 5) is 27.6. The molecule has 0 saturated carbocycles. The molecule has 0 spiro atoms. The van der Waals surface area contributed by atoms with Crippen LogP contribution < -0.4 is 9.47 Å². The summed E-state index contributed by atoms with van der Waals surface area (Å²) >= 11 is 1.91. The molecule has 2 fully saturated rings. The Kier molecular flexibility index (Phi) is 7.00. The van der Waals surface area contributed by atoms with Gasteiger partial charge in [0.2, 0.25) is 5.88 Å². The van der Waals surface area contributed by atoms with Crippen LogP contribution in [0.25, 0.3) is 32.9 Å². The fraction of sp³-hybridized carbons (Fsp3) is 0.400. The Morgan fingerprint density at radius 1 is 1.22 bits per heavy atom. The molecule has 2 saturated heterocycles. The Labute approximate surface area is 249 Å². The lowest BCUT2D eigenvalue weighted by atomic mass is 9.95. The molecule has 0 unspecified atom stereocenters. The minimum absolute atomic E-state index is 0.0209. The lowest BCUT2D eigenvalue weighted by molar-refractivity contribution is -0.142. The van der Waals surface area contributed by atoms with Gasteiger partial charge in [-0.3, -0.25) is 9.69 Å². The number of aromatic hydroxyl groups is 1. The van der Waals surface area contributed by atoms with E-state index < -0.39 is 34.8 Å². The van der Waals surface area contributed by atoms with E-state index in [-0.39, 0.29) is 38.7 Å². The van der Waals surface area contributed by atoms with E-state index in [0.29, 0.717) is 23.9 Å². The van der Waals surface area contributed by atoms with Gasteiger partial charge in [-0.2, -0.15) is 9.97 Å².